The Hall–Kier alpha value is -3.32. The lowest BCUT2D eigenvalue weighted by molar-refractivity contribution is -0.116. The van der Waals surface area contributed by atoms with Gasteiger partial charge in [0.05, 0.1) is 23.6 Å². The van der Waals surface area contributed by atoms with Gasteiger partial charge in [-0.15, -0.1) is 22.7 Å². The summed E-state index contributed by atoms with van der Waals surface area (Å²) in [6.07, 6.45) is 3.47. The van der Waals surface area contributed by atoms with E-state index in [0.29, 0.717) is 33.8 Å². The molecule has 1 aromatic carbocycles. The van der Waals surface area contributed by atoms with Crippen molar-refractivity contribution in [3.8, 4) is 16.5 Å². The monoisotopic (exact) mass is 489 g/mol. The lowest BCUT2D eigenvalue weighted by Gasteiger charge is -2.27. The lowest BCUT2D eigenvalue weighted by Crippen LogP contribution is -2.36. The number of carbonyl (C=O) groups excluding carboxylic acids is 1. The number of nitrogens with zero attached hydrogens (tertiary/aromatic N) is 4. The number of likely N-dealkylation sites (tertiary alicyclic amines) is 1. The van der Waals surface area contributed by atoms with Gasteiger partial charge in [-0.05, 0) is 55.6 Å². The molecule has 34 heavy (non-hydrogen) atoms. The molecule has 4 aromatic rings. The number of hydrogen-bond acceptors (Lipinski definition) is 7. The maximum Gasteiger partial charge on any atom is 0.263 e. The van der Waals surface area contributed by atoms with E-state index in [1.54, 1.807) is 35.6 Å². The third-order valence-electron chi connectivity index (χ3n) is 5.95. The Morgan fingerprint density at radius 2 is 2.00 bits per heavy atom. The molecule has 0 bridgehead atoms. The summed E-state index contributed by atoms with van der Waals surface area (Å²) in [4.78, 5) is 35.6. The van der Waals surface area contributed by atoms with Gasteiger partial charge in [0.2, 0.25) is 5.91 Å². The maximum atomic E-state index is 13.7. The van der Waals surface area contributed by atoms with Crippen molar-refractivity contribution in [2.45, 2.75) is 32.4 Å². The molecule has 1 amide bonds. The number of aromatic nitrogens is 2. The maximum absolute atomic E-state index is 13.7. The van der Waals surface area contributed by atoms with Crippen molar-refractivity contribution in [1.29, 1.82) is 5.26 Å². The number of piperidine rings is 1. The minimum absolute atomic E-state index is 0.137. The number of nitrogens with one attached hydrogen (secondary N) is 1. The Morgan fingerprint density at radius 1 is 1.15 bits per heavy atom. The SMILES string of the molecule is N#Cc1cccc(NC(=O)Cn2c(CN3CCCCC3)nc3scc(-c4cccs4)c3c2=O)c1. The van der Waals surface area contributed by atoms with E-state index >= 15 is 0 Å². The fraction of sp³-hybridized carbons (Fsp3) is 0.280. The van der Waals surface area contributed by atoms with Crippen LogP contribution in [0.4, 0.5) is 5.69 Å². The summed E-state index contributed by atoms with van der Waals surface area (Å²) >= 11 is 3.05. The van der Waals surface area contributed by atoms with Crippen LogP contribution >= 0.6 is 22.7 Å². The number of hydrogen-bond donors (Lipinski definition) is 1. The molecule has 5 rings (SSSR count). The topological polar surface area (TPSA) is 91.0 Å². The normalized spacial score (nSPS) is 14.2. The van der Waals surface area contributed by atoms with E-state index in [1.165, 1.54) is 22.3 Å². The van der Waals surface area contributed by atoms with E-state index in [9.17, 15) is 9.59 Å². The van der Waals surface area contributed by atoms with Crippen molar-refractivity contribution >= 4 is 44.5 Å². The zero-order chi connectivity index (χ0) is 23.5. The minimum atomic E-state index is -0.328. The number of carbonyl (C=O) groups is 1. The smallest absolute Gasteiger partial charge is 0.263 e. The van der Waals surface area contributed by atoms with Crippen LogP contribution in [-0.2, 0) is 17.9 Å². The molecule has 1 aliphatic heterocycles. The minimum Gasteiger partial charge on any atom is -0.324 e. The molecule has 3 aromatic heterocycles. The van der Waals surface area contributed by atoms with Crippen LogP contribution in [0.25, 0.3) is 20.7 Å². The number of rotatable bonds is 6. The van der Waals surface area contributed by atoms with Crippen LogP contribution in [0.5, 0.6) is 0 Å². The number of anilines is 1. The summed E-state index contributed by atoms with van der Waals surface area (Å²) in [5.41, 5.74) is 1.66. The van der Waals surface area contributed by atoms with E-state index < -0.39 is 0 Å². The first kappa shape index (κ1) is 22.5. The molecule has 1 aliphatic rings. The molecule has 7 nitrogen and oxygen atoms in total. The molecule has 4 heterocycles. The molecule has 1 saturated heterocycles. The third-order valence-corrected chi connectivity index (χ3v) is 7.73. The van der Waals surface area contributed by atoms with Crippen LogP contribution in [0.1, 0.15) is 30.7 Å². The first-order valence-corrected chi connectivity index (χ1v) is 13.0. The second kappa shape index (κ2) is 9.89. The molecule has 0 radical (unpaired) electrons. The van der Waals surface area contributed by atoms with Crippen molar-refractivity contribution in [3.05, 3.63) is 68.9 Å². The molecule has 0 saturated carbocycles. The molecule has 0 unspecified atom stereocenters. The van der Waals surface area contributed by atoms with Crippen LogP contribution in [0, 0.1) is 11.3 Å². The standard InChI is InChI=1S/C25H23N5O2S2/c26-13-17-6-4-7-18(12-17)27-22(31)15-30-21(14-29-9-2-1-3-10-29)28-24-23(25(30)32)19(16-34-24)20-8-5-11-33-20/h4-8,11-12,16H,1-3,9-10,14-15H2,(H,27,31). The van der Waals surface area contributed by atoms with Gasteiger partial charge in [0, 0.05) is 21.5 Å². The Kier molecular flexibility index (Phi) is 6.54. The quantitative estimate of drug-likeness (QED) is 0.425. The zero-order valence-electron chi connectivity index (χ0n) is 18.5. The van der Waals surface area contributed by atoms with E-state index in [-0.39, 0.29) is 18.0 Å². The summed E-state index contributed by atoms with van der Waals surface area (Å²) in [5, 5.41) is 16.5. The van der Waals surface area contributed by atoms with Gasteiger partial charge in [-0.2, -0.15) is 5.26 Å². The van der Waals surface area contributed by atoms with Crippen molar-refractivity contribution in [2.24, 2.45) is 0 Å². The van der Waals surface area contributed by atoms with Gasteiger partial charge in [0.25, 0.3) is 5.56 Å². The van der Waals surface area contributed by atoms with Gasteiger partial charge >= 0.3 is 0 Å². The van der Waals surface area contributed by atoms with Gasteiger partial charge in [0.15, 0.2) is 0 Å². The fourth-order valence-electron chi connectivity index (χ4n) is 4.29. The molecule has 0 atom stereocenters. The molecular weight excluding hydrogens is 466 g/mol. The second-order valence-electron chi connectivity index (χ2n) is 8.30. The Morgan fingerprint density at radius 3 is 2.76 bits per heavy atom. The molecule has 172 valence electrons. The summed E-state index contributed by atoms with van der Waals surface area (Å²) in [6, 6.07) is 12.8. The molecule has 0 spiro atoms. The first-order valence-electron chi connectivity index (χ1n) is 11.2. The van der Waals surface area contributed by atoms with Crippen LogP contribution < -0.4 is 10.9 Å². The van der Waals surface area contributed by atoms with Crippen molar-refractivity contribution in [3.63, 3.8) is 0 Å². The second-order valence-corrected chi connectivity index (χ2v) is 10.1. The van der Waals surface area contributed by atoms with Gasteiger partial charge in [-0.3, -0.25) is 19.1 Å². The average Bonchev–Trinajstić information content (AvgIpc) is 3.52. The molecule has 1 N–H and O–H groups in total. The van der Waals surface area contributed by atoms with Crippen molar-refractivity contribution < 1.29 is 4.79 Å². The lowest BCUT2D eigenvalue weighted by atomic mass is 10.1. The summed E-state index contributed by atoms with van der Waals surface area (Å²) in [7, 11) is 0. The summed E-state index contributed by atoms with van der Waals surface area (Å²) in [6.45, 7) is 2.33. The Balaban J connectivity index is 1.52. The summed E-state index contributed by atoms with van der Waals surface area (Å²) < 4.78 is 1.52. The fourth-order valence-corrected chi connectivity index (χ4v) is 6.06. The number of amides is 1. The Bertz CT molecular complexity index is 1430. The van der Waals surface area contributed by atoms with Gasteiger partial charge in [-0.25, -0.2) is 4.98 Å². The number of thiophene rings is 2. The Labute approximate surface area is 204 Å². The van der Waals surface area contributed by atoms with Crippen molar-refractivity contribution in [2.75, 3.05) is 18.4 Å². The number of fused-ring (bicyclic) bond motifs is 1. The van der Waals surface area contributed by atoms with E-state index in [4.69, 9.17) is 10.2 Å². The predicted molar refractivity (Wildman–Crippen MR) is 136 cm³/mol. The van der Waals surface area contributed by atoms with E-state index in [0.717, 1.165) is 36.4 Å². The molecule has 1 fully saturated rings. The highest BCUT2D eigenvalue weighted by Crippen LogP contribution is 2.34. The average molecular weight is 490 g/mol. The first-order chi connectivity index (χ1) is 16.6. The van der Waals surface area contributed by atoms with E-state index in [2.05, 4.69) is 16.3 Å². The number of benzene rings is 1. The highest BCUT2D eigenvalue weighted by atomic mass is 32.1. The zero-order valence-corrected chi connectivity index (χ0v) is 20.1. The van der Waals surface area contributed by atoms with Crippen LogP contribution in [0.3, 0.4) is 0 Å². The molecular formula is C25H23N5O2S2. The van der Waals surface area contributed by atoms with Crippen LogP contribution in [-0.4, -0.2) is 33.4 Å². The van der Waals surface area contributed by atoms with Crippen molar-refractivity contribution in [1.82, 2.24) is 14.5 Å². The van der Waals surface area contributed by atoms with Gasteiger partial charge < -0.3 is 5.32 Å². The number of nitriles is 1. The summed E-state index contributed by atoms with van der Waals surface area (Å²) in [5.74, 6) is 0.283. The molecule has 9 heteroatoms. The predicted octanol–water partition coefficient (Wildman–Crippen LogP) is 4.68. The highest BCUT2D eigenvalue weighted by Gasteiger charge is 2.21. The third kappa shape index (κ3) is 4.66. The molecule has 0 aliphatic carbocycles. The van der Waals surface area contributed by atoms with Gasteiger partial charge in [-0.1, -0.05) is 18.6 Å². The van der Waals surface area contributed by atoms with Crippen LogP contribution in [0.15, 0.2) is 52.0 Å². The van der Waals surface area contributed by atoms with Crippen LogP contribution in [0.2, 0.25) is 0 Å². The highest BCUT2D eigenvalue weighted by molar-refractivity contribution is 7.18. The van der Waals surface area contributed by atoms with Gasteiger partial charge in [0.1, 0.15) is 17.2 Å². The van der Waals surface area contributed by atoms with E-state index in [1.807, 2.05) is 22.9 Å². The largest absolute Gasteiger partial charge is 0.324 e.